The Morgan fingerprint density at radius 3 is 1.22 bits per heavy atom. The monoisotopic (exact) mass is 622 g/mol. The molecule has 0 spiro atoms. The lowest BCUT2D eigenvalue weighted by atomic mass is 10.1. The van der Waals surface area contributed by atoms with Crippen LogP contribution >= 0.6 is 24.4 Å². The van der Waals surface area contributed by atoms with Crippen molar-refractivity contribution in [2.75, 3.05) is 11.5 Å². The average Bonchev–Trinajstić information content (AvgIpc) is 2.79. The number of nitrogens with one attached hydrogen (secondary N) is 4. The lowest BCUT2D eigenvalue weighted by molar-refractivity contribution is 0.584. The van der Waals surface area contributed by atoms with Crippen molar-refractivity contribution in [1.82, 2.24) is 18.9 Å². The van der Waals surface area contributed by atoms with Crippen molar-refractivity contribution >= 4 is 73.2 Å². The van der Waals surface area contributed by atoms with E-state index >= 15 is 0 Å². The molecule has 1 aromatic rings. The first kappa shape index (κ1) is 32.7. The van der Waals surface area contributed by atoms with Crippen LogP contribution < -0.4 is 18.9 Å². The third kappa shape index (κ3) is 11.8. The largest absolute Gasteiger partial charge is 0.267 e. The third-order valence-corrected chi connectivity index (χ3v) is 11.4. The Morgan fingerprint density at radius 2 is 0.944 bits per heavy atom. The van der Waals surface area contributed by atoms with Gasteiger partial charge >= 0.3 is 0 Å². The normalized spacial score (nSPS) is 12.7. The van der Waals surface area contributed by atoms with Gasteiger partial charge in [-0.1, -0.05) is 51.0 Å². The highest BCUT2D eigenvalue weighted by molar-refractivity contribution is 8.17. The first-order valence-electron chi connectivity index (χ1n) is 10.7. The maximum Gasteiger partial charge on any atom is 0.267 e. The van der Waals surface area contributed by atoms with E-state index in [2.05, 4.69) is 9.44 Å². The van der Waals surface area contributed by atoms with Gasteiger partial charge < -0.3 is 0 Å². The fourth-order valence-corrected chi connectivity index (χ4v) is 8.18. The van der Waals surface area contributed by atoms with Crippen LogP contribution in [0.3, 0.4) is 0 Å². The van der Waals surface area contributed by atoms with Crippen molar-refractivity contribution < 1.29 is 33.7 Å². The highest BCUT2D eigenvalue weighted by Crippen LogP contribution is 2.07. The molecule has 4 N–H and O–H groups in total. The predicted molar refractivity (Wildman–Crippen MR) is 147 cm³/mol. The summed E-state index contributed by atoms with van der Waals surface area (Å²) >= 11 is 9.42. The van der Waals surface area contributed by atoms with Crippen LogP contribution in [0.2, 0.25) is 0 Å². The molecule has 0 aliphatic heterocycles. The molecule has 12 nitrogen and oxygen atoms in total. The zero-order valence-electron chi connectivity index (χ0n) is 19.7. The van der Waals surface area contributed by atoms with E-state index in [9.17, 15) is 33.7 Å². The zero-order chi connectivity index (χ0) is 27.6. The second-order valence-corrected chi connectivity index (χ2v) is 16.0. The second-order valence-electron chi connectivity index (χ2n) is 7.59. The van der Waals surface area contributed by atoms with Gasteiger partial charge in [-0.15, -0.1) is 0 Å². The van der Waals surface area contributed by atoms with Gasteiger partial charge in [-0.2, -0.15) is 0 Å². The molecular formula is C18H30N4O8S6. The first-order chi connectivity index (χ1) is 16.5. The van der Waals surface area contributed by atoms with E-state index in [1.807, 2.05) is 9.44 Å². The Bertz CT molecular complexity index is 1240. The SMILES string of the molecule is CCCCS(=O)(=O)NC(=S)S(=O)(=O)NCc1ccc(CNS(=O)(=O)C(=S)NS(=O)(=O)CCCC)cc1. The van der Waals surface area contributed by atoms with Crippen LogP contribution in [-0.4, -0.2) is 53.8 Å². The molecule has 206 valence electrons. The van der Waals surface area contributed by atoms with Crippen molar-refractivity contribution in [1.29, 1.82) is 0 Å². The smallest absolute Gasteiger partial charge is 0.263 e. The lowest BCUT2D eigenvalue weighted by Gasteiger charge is -2.12. The Labute approximate surface area is 224 Å². The maximum atomic E-state index is 12.2. The minimum absolute atomic E-state index is 0.200. The van der Waals surface area contributed by atoms with Crippen molar-refractivity contribution in [2.45, 2.75) is 52.6 Å². The summed E-state index contributed by atoms with van der Waals surface area (Å²) in [5, 5.41) is 0. The van der Waals surface area contributed by atoms with E-state index in [4.69, 9.17) is 24.4 Å². The van der Waals surface area contributed by atoms with Gasteiger partial charge in [0.25, 0.3) is 20.0 Å². The third-order valence-electron chi connectivity index (χ3n) is 4.45. The number of hydrogen-bond acceptors (Lipinski definition) is 10. The molecule has 0 unspecified atom stereocenters. The van der Waals surface area contributed by atoms with Gasteiger partial charge in [-0.3, -0.25) is 9.44 Å². The summed E-state index contributed by atoms with van der Waals surface area (Å²) in [5.41, 5.74) is 0.974. The van der Waals surface area contributed by atoms with Gasteiger partial charge in [0.2, 0.25) is 28.7 Å². The minimum Gasteiger partial charge on any atom is -0.263 e. The minimum atomic E-state index is -4.26. The van der Waals surface area contributed by atoms with Crippen LogP contribution in [0, 0.1) is 0 Å². The Kier molecular flexibility index (Phi) is 12.8. The Balaban J connectivity index is 2.67. The molecule has 0 saturated carbocycles. The van der Waals surface area contributed by atoms with Crippen LogP contribution in [0.4, 0.5) is 0 Å². The van der Waals surface area contributed by atoms with Crippen molar-refractivity contribution in [3.05, 3.63) is 35.4 Å². The van der Waals surface area contributed by atoms with E-state index in [1.54, 1.807) is 13.8 Å². The molecule has 1 aromatic carbocycles. The van der Waals surface area contributed by atoms with Gasteiger partial charge in [0.1, 0.15) is 0 Å². The van der Waals surface area contributed by atoms with Crippen LogP contribution in [0.25, 0.3) is 0 Å². The van der Waals surface area contributed by atoms with E-state index < -0.39 is 48.7 Å². The summed E-state index contributed by atoms with van der Waals surface area (Å²) in [6.45, 7) is 3.19. The number of rotatable bonds is 14. The number of sulfonamides is 4. The molecule has 0 saturated heterocycles. The lowest BCUT2D eigenvalue weighted by Crippen LogP contribution is -2.41. The van der Waals surface area contributed by atoms with Crippen LogP contribution in [-0.2, 0) is 53.2 Å². The summed E-state index contributed by atoms with van der Waals surface area (Å²) < 4.78 is 103. The van der Waals surface area contributed by atoms with Gasteiger partial charge in [-0.25, -0.2) is 43.1 Å². The number of unbranched alkanes of at least 4 members (excludes halogenated alkanes) is 2. The molecular weight excluding hydrogens is 593 g/mol. The average molecular weight is 623 g/mol. The Hall–Kier alpha value is -1.28. The van der Waals surface area contributed by atoms with Gasteiger partial charge in [0.05, 0.1) is 11.5 Å². The van der Waals surface area contributed by atoms with E-state index in [-0.39, 0.29) is 24.6 Å². The highest BCUT2D eigenvalue weighted by atomic mass is 32.2. The van der Waals surface area contributed by atoms with Crippen LogP contribution in [0.15, 0.2) is 24.3 Å². The fourth-order valence-electron chi connectivity index (χ4n) is 2.40. The van der Waals surface area contributed by atoms with Crippen LogP contribution in [0.1, 0.15) is 50.7 Å². The molecule has 0 bridgehead atoms. The number of thiocarbonyl (C=S) groups is 2. The molecule has 0 aromatic heterocycles. The van der Waals surface area contributed by atoms with E-state index in [0.29, 0.717) is 36.8 Å². The number of hydrogen-bond donors (Lipinski definition) is 4. The van der Waals surface area contributed by atoms with E-state index in [0.717, 1.165) is 0 Å². The highest BCUT2D eigenvalue weighted by Gasteiger charge is 2.24. The molecule has 0 heterocycles. The van der Waals surface area contributed by atoms with Crippen molar-refractivity contribution in [3.63, 3.8) is 0 Å². The topological polar surface area (TPSA) is 185 Å². The molecule has 36 heavy (non-hydrogen) atoms. The quantitative estimate of drug-likeness (QED) is 0.213. The van der Waals surface area contributed by atoms with Crippen molar-refractivity contribution in [2.24, 2.45) is 0 Å². The summed E-state index contributed by atoms with van der Waals surface area (Å²) in [4.78, 5) is 0. The van der Waals surface area contributed by atoms with Gasteiger partial charge in [0, 0.05) is 13.1 Å². The second kappa shape index (κ2) is 14.0. The molecule has 0 amide bonds. The molecule has 1 rings (SSSR count). The van der Waals surface area contributed by atoms with Gasteiger partial charge in [-0.05, 0) is 48.4 Å². The predicted octanol–water partition coefficient (Wildman–Crippen LogP) is 0.534. The van der Waals surface area contributed by atoms with E-state index in [1.165, 1.54) is 24.3 Å². The summed E-state index contributed by atoms with van der Waals surface area (Å²) in [6.07, 6.45) is 1.93. The molecule has 0 fully saturated rings. The van der Waals surface area contributed by atoms with Crippen molar-refractivity contribution in [3.8, 4) is 0 Å². The Morgan fingerprint density at radius 1 is 0.639 bits per heavy atom. The molecule has 0 atom stereocenters. The maximum absolute atomic E-state index is 12.2. The summed E-state index contributed by atoms with van der Waals surface area (Å²) in [6, 6.07) is 6.08. The zero-order valence-corrected chi connectivity index (χ0v) is 24.6. The fraction of sp³-hybridized carbons (Fsp3) is 0.556. The molecule has 18 heteroatoms. The standard InChI is InChI=1S/C18H30N4O8S6/c1-3-5-11-33(23,24)21-17(31)35(27,28)19-13-15-7-9-16(10-8-15)14-20-36(29,30)18(32)22-34(25,26)12-6-4-2/h7-10,19-20H,3-6,11-14H2,1-2H3,(H,21,31)(H,22,32). The first-order valence-corrected chi connectivity index (χ1v) is 17.8. The number of benzene rings is 1. The van der Waals surface area contributed by atoms with Gasteiger partial charge in [0.15, 0.2) is 0 Å². The molecule has 0 aliphatic carbocycles. The van der Waals surface area contributed by atoms with Crippen LogP contribution in [0.5, 0.6) is 0 Å². The molecule has 0 aliphatic rings. The summed E-state index contributed by atoms with van der Waals surface area (Å²) in [7, 11) is -16.3. The molecule has 0 radical (unpaired) electrons. The summed E-state index contributed by atoms with van der Waals surface area (Å²) in [5.74, 6) is -0.500.